The fourth-order valence-corrected chi connectivity index (χ4v) is 4.19. The van der Waals surface area contributed by atoms with Crippen LogP contribution in [0.15, 0.2) is 11.2 Å². The van der Waals surface area contributed by atoms with Crippen LogP contribution in [0.25, 0.3) is 0 Å². The number of carbonyl (C=O) groups is 2. The van der Waals surface area contributed by atoms with Crippen molar-refractivity contribution in [2.45, 2.75) is 5.37 Å². The van der Waals surface area contributed by atoms with Crippen molar-refractivity contribution in [3.8, 4) is 11.8 Å². The maximum Gasteiger partial charge on any atom is 0.335 e. The summed E-state index contributed by atoms with van der Waals surface area (Å²) < 4.78 is 41.4. The van der Waals surface area contributed by atoms with Crippen molar-refractivity contribution < 1.29 is 32.2 Å². The molecule has 0 aromatic carbocycles. The number of ether oxygens (including phenoxy) is 3. The van der Waals surface area contributed by atoms with E-state index in [1.807, 2.05) is 0 Å². The van der Waals surface area contributed by atoms with Crippen molar-refractivity contribution in [1.82, 2.24) is 19.7 Å². The first-order chi connectivity index (χ1) is 13.1. The SMILES string of the molecule is COC(=O)C1C(Cl)=NN(C)C1S(=O)(=O)NC(=O)Nc1nc(OC)cc(OC)n1. The Bertz CT molecular complexity index is 886. The second-order valence-electron chi connectivity index (χ2n) is 5.27. The number of nitrogens with zero attached hydrogens (tertiary/aromatic N) is 4. The molecule has 0 aliphatic carbocycles. The van der Waals surface area contributed by atoms with Crippen molar-refractivity contribution in [2.75, 3.05) is 33.7 Å². The van der Waals surface area contributed by atoms with Crippen LogP contribution >= 0.6 is 11.6 Å². The third-order valence-corrected chi connectivity index (χ3v) is 5.49. The van der Waals surface area contributed by atoms with Crippen molar-refractivity contribution in [1.29, 1.82) is 0 Å². The summed E-state index contributed by atoms with van der Waals surface area (Å²) in [5, 5.41) is 4.92. The van der Waals surface area contributed by atoms with E-state index in [-0.39, 0.29) is 22.9 Å². The second-order valence-corrected chi connectivity index (χ2v) is 7.43. The van der Waals surface area contributed by atoms with Crippen molar-refractivity contribution in [2.24, 2.45) is 11.0 Å². The minimum Gasteiger partial charge on any atom is -0.481 e. The van der Waals surface area contributed by atoms with E-state index in [1.165, 1.54) is 27.3 Å². The van der Waals surface area contributed by atoms with Gasteiger partial charge >= 0.3 is 12.0 Å². The first-order valence-electron chi connectivity index (χ1n) is 7.47. The first kappa shape index (κ1) is 21.4. The minimum absolute atomic E-state index is 0.0754. The number of anilines is 1. The Morgan fingerprint density at radius 2 is 1.75 bits per heavy atom. The molecule has 0 saturated carbocycles. The summed E-state index contributed by atoms with van der Waals surface area (Å²) in [4.78, 5) is 31.7. The largest absolute Gasteiger partial charge is 0.481 e. The summed E-state index contributed by atoms with van der Waals surface area (Å²) in [6, 6.07) is 0.170. The molecule has 1 aromatic heterocycles. The third-order valence-electron chi connectivity index (χ3n) is 3.49. The van der Waals surface area contributed by atoms with Crippen LogP contribution in [0, 0.1) is 5.92 Å². The molecule has 2 heterocycles. The molecule has 13 nitrogen and oxygen atoms in total. The maximum atomic E-state index is 12.6. The van der Waals surface area contributed by atoms with Gasteiger partial charge in [0.1, 0.15) is 11.1 Å². The number of hydrogen-bond donors (Lipinski definition) is 2. The van der Waals surface area contributed by atoms with E-state index in [4.69, 9.17) is 21.1 Å². The highest BCUT2D eigenvalue weighted by molar-refractivity contribution is 7.90. The smallest absolute Gasteiger partial charge is 0.335 e. The summed E-state index contributed by atoms with van der Waals surface area (Å²) >= 11 is 5.85. The molecular formula is C13H17ClN6O7S. The number of hydrogen-bond acceptors (Lipinski definition) is 11. The molecule has 2 N–H and O–H groups in total. The molecule has 2 unspecified atom stereocenters. The predicted octanol–water partition coefficient (Wildman–Crippen LogP) is -0.442. The van der Waals surface area contributed by atoms with Crippen LogP contribution in [0.4, 0.5) is 10.7 Å². The lowest BCUT2D eigenvalue weighted by molar-refractivity contribution is -0.143. The highest BCUT2D eigenvalue weighted by Gasteiger charge is 2.49. The molecule has 2 atom stereocenters. The highest BCUT2D eigenvalue weighted by Crippen LogP contribution is 2.27. The van der Waals surface area contributed by atoms with Crippen LogP contribution in [-0.4, -0.2) is 74.3 Å². The molecule has 0 saturated heterocycles. The molecule has 154 valence electrons. The fourth-order valence-electron chi connectivity index (χ4n) is 2.31. The minimum atomic E-state index is -4.45. The van der Waals surface area contributed by atoms with Gasteiger partial charge in [0.2, 0.25) is 17.7 Å². The number of methoxy groups -OCH3 is 3. The van der Waals surface area contributed by atoms with Crippen molar-refractivity contribution in [3.05, 3.63) is 6.07 Å². The lowest BCUT2D eigenvalue weighted by atomic mass is 10.2. The van der Waals surface area contributed by atoms with E-state index >= 15 is 0 Å². The molecule has 0 bridgehead atoms. The van der Waals surface area contributed by atoms with Crippen LogP contribution < -0.4 is 19.5 Å². The van der Waals surface area contributed by atoms with Gasteiger partial charge in [-0.25, -0.2) is 17.9 Å². The fraction of sp³-hybridized carbons (Fsp3) is 0.462. The van der Waals surface area contributed by atoms with E-state index in [9.17, 15) is 18.0 Å². The number of aromatic nitrogens is 2. The summed E-state index contributed by atoms with van der Waals surface area (Å²) in [7, 11) is 0.573. The van der Waals surface area contributed by atoms with E-state index in [0.29, 0.717) is 0 Å². The second kappa shape index (κ2) is 8.43. The van der Waals surface area contributed by atoms with Gasteiger partial charge in [-0.3, -0.25) is 15.1 Å². The lowest BCUT2D eigenvalue weighted by Crippen LogP contribution is -2.50. The zero-order chi connectivity index (χ0) is 21.1. The number of rotatable bonds is 6. The maximum absolute atomic E-state index is 12.6. The average Bonchev–Trinajstić information content (AvgIpc) is 2.94. The molecule has 28 heavy (non-hydrogen) atoms. The van der Waals surface area contributed by atoms with Crippen LogP contribution in [0.3, 0.4) is 0 Å². The molecule has 0 fully saturated rings. The molecule has 2 amide bonds. The number of amides is 2. The van der Waals surface area contributed by atoms with Gasteiger partial charge in [0, 0.05) is 7.05 Å². The van der Waals surface area contributed by atoms with E-state index < -0.39 is 33.3 Å². The Balaban J connectivity index is 2.20. The number of sulfonamides is 1. The lowest BCUT2D eigenvalue weighted by Gasteiger charge is -2.23. The summed E-state index contributed by atoms with van der Waals surface area (Å²) in [5.41, 5.74) is 0. The molecule has 1 aliphatic rings. The predicted molar refractivity (Wildman–Crippen MR) is 96.6 cm³/mol. The van der Waals surface area contributed by atoms with Gasteiger partial charge in [-0.2, -0.15) is 15.1 Å². The molecule has 2 rings (SSSR count). The van der Waals surface area contributed by atoms with Crippen LogP contribution in [0.1, 0.15) is 0 Å². The van der Waals surface area contributed by atoms with Gasteiger partial charge < -0.3 is 14.2 Å². The summed E-state index contributed by atoms with van der Waals surface area (Å²) in [6.45, 7) is 0. The molecule has 1 aliphatic heterocycles. The molecule has 0 spiro atoms. The molecule has 1 aromatic rings. The first-order valence-corrected chi connectivity index (χ1v) is 9.39. The summed E-state index contributed by atoms with van der Waals surface area (Å²) in [6.07, 6.45) is 0. The Labute approximate surface area is 165 Å². The molecule has 0 radical (unpaired) electrons. The normalized spacial score (nSPS) is 18.9. The molecule has 15 heteroatoms. The highest BCUT2D eigenvalue weighted by atomic mass is 35.5. The Morgan fingerprint density at radius 3 is 2.25 bits per heavy atom. The van der Waals surface area contributed by atoms with Crippen LogP contribution in [-0.2, 0) is 19.6 Å². The number of esters is 1. The van der Waals surface area contributed by atoms with Gasteiger partial charge in [0.25, 0.3) is 10.0 Å². The number of hydrazone groups is 1. The Kier molecular flexibility index (Phi) is 6.45. The summed E-state index contributed by atoms with van der Waals surface area (Å²) in [5.74, 6) is -2.47. The number of carbonyl (C=O) groups excluding carboxylic acids is 2. The number of urea groups is 1. The monoisotopic (exact) mass is 436 g/mol. The van der Waals surface area contributed by atoms with Crippen molar-refractivity contribution in [3.63, 3.8) is 0 Å². The third kappa shape index (κ3) is 4.51. The van der Waals surface area contributed by atoms with Gasteiger partial charge in [-0.1, -0.05) is 11.6 Å². The van der Waals surface area contributed by atoms with Crippen LogP contribution in [0.5, 0.6) is 11.8 Å². The Morgan fingerprint density at radius 1 is 1.18 bits per heavy atom. The standard InChI is InChI=1S/C13H17ClN6O7S/c1-20-10(8(9(14)18-20)11(21)27-4)28(23,24)19-13(22)17-12-15-6(25-2)5-7(16-12)26-3/h5,8,10H,1-4H3,(H2,15,16,17,19,22). The number of halogens is 1. The topological polar surface area (TPSA) is 161 Å². The quantitative estimate of drug-likeness (QED) is 0.559. The van der Waals surface area contributed by atoms with Gasteiger partial charge in [0.05, 0.1) is 27.4 Å². The number of nitrogens with one attached hydrogen (secondary N) is 2. The Hall–Kier alpha value is -2.87. The van der Waals surface area contributed by atoms with Crippen molar-refractivity contribution >= 4 is 44.7 Å². The van der Waals surface area contributed by atoms with Gasteiger partial charge in [-0.05, 0) is 0 Å². The van der Waals surface area contributed by atoms with E-state index in [1.54, 1.807) is 4.72 Å². The molecular weight excluding hydrogens is 420 g/mol. The zero-order valence-electron chi connectivity index (χ0n) is 15.2. The van der Waals surface area contributed by atoms with E-state index in [0.717, 1.165) is 12.1 Å². The average molecular weight is 437 g/mol. The zero-order valence-corrected chi connectivity index (χ0v) is 16.7. The van der Waals surface area contributed by atoms with Gasteiger partial charge in [-0.15, -0.1) is 0 Å². The van der Waals surface area contributed by atoms with Gasteiger partial charge in [0.15, 0.2) is 5.37 Å². The van der Waals surface area contributed by atoms with E-state index in [2.05, 4.69) is 25.1 Å². The van der Waals surface area contributed by atoms with Crippen LogP contribution in [0.2, 0.25) is 0 Å².